The lowest BCUT2D eigenvalue weighted by Gasteiger charge is -2.34. The molecule has 0 spiro atoms. The zero-order valence-electron chi connectivity index (χ0n) is 19.5. The van der Waals surface area contributed by atoms with Crippen LogP contribution in [0.5, 0.6) is 0 Å². The van der Waals surface area contributed by atoms with Crippen molar-refractivity contribution in [3.8, 4) is 5.69 Å². The average molecular weight is 507 g/mol. The highest BCUT2D eigenvalue weighted by atomic mass is 79.9. The predicted octanol–water partition coefficient (Wildman–Crippen LogP) is 5.29. The normalized spacial score (nSPS) is 18.4. The monoisotopic (exact) mass is 506 g/mol. The summed E-state index contributed by atoms with van der Waals surface area (Å²) >= 11 is 3.65. The zero-order chi connectivity index (χ0) is 23.5. The van der Waals surface area contributed by atoms with E-state index in [0.717, 1.165) is 56.5 Å². The number of fused-ring (bicyclic) bond motifs is 1. The van der Waals surface area contributed by atoms with Crippen LogP contribution in [0.2, 0.25) is 0 Å². The van der Waals surface area contributed by atoms with Crippen LogP contribution in [-0.4, -0.2) is 42.3 Å². The topological polar surface area (TPSA) is 79.7 Å². The van der Waals surface area contributed by atoms with Gasteiger partial charge in [0.1, 0.15) is 11.5 Å². The molecule has 170 valence electrons. The molecule has 1 N–H and O–H groups in total. The zero-order valence-corrected chi connectivity index (χ0v) is 21.1. The molecule has 4 aromatic rings. The van der Waals surface area contributed by atoms with Gasteiger partial charge in [0.25, 0.3) is 5.91 Å². The molecule has 0 aliphatic carbocycles. The number of imidazole rings is 1. The van der Waals surface area contributed by atoms with Crippen molar-refractivity contribution in [3.05, 3.63) is 68.7 Å². The van der Waals surface area contributed by atoms with Gasteiger partial charge in [0.2, 0.25) is 0 Å². The lowest BCUT2D eigenvalue weighted by molar-refractivity contribution is 0.0605. The van der Waals surface area contributed by atoms with Crippen molar-refractivity contribution in [1.82, 2.24) is 29.9 Å². The lowest BCUT2D eigenvalue weighted by atomic mass is 9.96. The first-order chi connectivity index (χ1) is 15.7. The number of nitrogens with one attached hydrogen (secondary N) is 1. The van der Waals surface area contributed by atoms with Gasteiger partial charge in [0, 0.05) is 11.0 Å². The van der Waals surface area contributed by atoms with E-state index in [9.17, 15) is 4.79 Å². The van der Waals surface area contributed by atoms with Crippen LogP contribution in [0.3, 0.4) is 0 Å². The van der Waals surface area contributed by atoms with Crippen LogP contribution in [0.15, 0.2) is 35.1 Å². The summed E-state index contributed by atoms with van der Waals surface area (Å²) in [6, 6.07) is 5.96. The van der Waals surface area contributed by atoms with Gasteiger partial charge in [-0.15, -0.1) is 0 Å². The summed E-state index contributed by atoms with van der Waals surface area (Å²) in [5.74, 6) is 0.798. The number of rotatable bonds is 3. The first-order valence-corrected chi connectivity index (χ1v) is 12.0. The smallest absolute Gasteiger partial charge is 0.256 e. The van der Waals surface area contributed by atoms with Crippen LogP contribution in [-0.2, 0) is 5.54 Å². The molecule has 1 unspecified atom stereocenters. The molecule has 33 heavy (non-hydrogen) atoms. The molecule has 1 amide bonds. The van der Waals surface area contributed by atoms with E-state index >= 15 is 0 Å². The van der Waals surface area contributed by atoms with Crippen LogP contribution in [0.25, 0.3) is 16.7 Å². The van der Waals surface area contributed by atoms with Crippen LogP contribution < -0.4 is 0 Å². The summed E-state index contributed by atoms with van der Waals surface area (Å²) in [6.45, 7) is 11.0. The molecule has 2 aromatic carbocycles. The lowest BCUT2D eigenvalue weighted by Crippen LogP contribution is -2.44. The van der Waals surface area contributed by atoms with Crippen molar-refractivity contribution in [2.75, 3.05) is 6.54 Å². The maximum Gasteiger partial charge on any atom is 0.256 e. The number of halogens is 1. The van der Waals surface area contributed by atoms with Crippen LogP contribution in [0.1, 0.15) is 58.2 Å². The maximum absolute atomic E-state index is 14.0. The van der Waals surface area contributed by atoms with Crippen molar-refractivity contribution in [2.45, 2.75) is 53.0 Å². The summed E-state index contributed by atoms with van der Waals surface area (Å²) in [6.07, 6.45) is 5.03. The Bertz CT molecular complexity index is 1390. The van der Waals surface area contributed by atoms with Crippen molar-refractivity contribution in [1.29, 1.82) is 0 Å². The maximum atomic E-state index is 14.0. The van der Waals surface area contributed by atoms with E-state index < -0.39 is 5.54 Å². The SMILES string of the molecule is Cc1ccc(C(=O)N2CCCC2(C)c2nc3c(C)c(C)c(Br)cc3[nH]2)c(-n2nccn2)c1C. The third kappa shape index (κ3) is 3.30. The molecule has 8 heteroatoms. The van der Waals surface area contributed by atoms with Crippen LogP contribution in [0, 0.1) is 27.7 Å². The fourth-order valence-corrected chi connectivity index (χ4v) is 5.39. The van der Waals surface area contributed by atoms with Crippen LogP contribution >= 0.6 is 15.9 Å². The average Bonchev–Trinajstić information content (AvgIpc) is 3.54. The minimum atomic E-state index is -0.531. The number of carbonyl (C=O) groups excluding carboxylic acids is 1. The Kier molecular flexibility index (Phi) is 5.16. The van der Waals surface area contributed by atoms with Gasteiger partial charge in [-0.2, -0.15) is 15.0 Å². The first kappa shape index (κ1) is 21.8. The number of amides is 1. The van der Waals surface area contributed by atoms with Crippen molar-refractivity contribution < 1.29 is 4.79 Å². The van der Waals surface area contributed by atoms with Gasteiger partial charge in [-0.1, -0.05) is 22.0 Å². The minimum absolute atomic E-state index is 0.0278. The largest absolute Gasteiger partial charge is 0.340 e. The third-order valence-corrected chi connectivity index (χ3v) is 8.05. The molecule has 7 nitrogen and oxygen atoms in total. The highest BCUT2D eigenvalue weighted by molar-refractivity contribution is 9.10. The second-order valence-corrected chi connectivity index (χ2v) is 10.0. The highest BCUT2D eigenvalue weighted by Gasteiger charge is 2.44. The number of aromatic nitrogens is 5. The van der Waals surface area contributed by atoms with E-state index in [1.54, 1.807) is 17.2 Å². The molecular weight excluding hydrogens is 480 g/mol. The van der Waals surface area contributed by atoms with E-state index in [4.69, 9.17) is 4.98 Å². The Morgan fingerprint density at radius 3 is 2.55 bits per heavy atom. The van der Waals surface area contributed by atoms with Gasteiger partial charge in [0.05, 0.1) is 34.5 Å². The number of carbonyl (C=O) groups is 1. The van der Waals surface area contributed by atoms with Crippen molar-refractivity contribution in [3.63, 3.8) is 0 Å². The number of hydrogen-bond donors (Lipinski definition) is 1. The van der Waals surface area contributed by atoms with Crippen molar-refractivity contribution in [2.24, 2.45) is 0 Å². The van der Waals surface area contributed by atoms with E-state index in [0.29, 0.717) is 12.1 Å². The molecule has 0 radical (unpaired) electrons. The van der Waals surface area contributed by atoms with Crippen LogP contribution in [0.4, 0.5) is 0 Å². The Morgan fingerprint density at radius 1 is 1.09 bits per heavy atom. The molecule has 1 aliphatic heterocycles. The molecule has 1 atom stereocenters. The Labute approximate surface area is 201 Å². The molecule has 5 rings (SSSR count). The number of hydrogen-bond acceptors (Lipinski definition) is 4. The predicted molar refractivity (Wildman–Crippen MR) is 132 cm³/mol. The van der Waals surface area contributed by atoms with Gasteiger partial charge >= 0.3 is 0 Å². The molecular formula is C25H27BrN6O. The highest BCUT2D eigenvalue weighted by Crippen LogP contribution is 2.40. The third-order valence-electron chi connectivity index (χ3n) is 7.23. The van der Waals surface area contributed by atoms with Gasteiger partial charge < -0.3 is 9.88 Å². The fourth-order valence-electron chi connectivity index (χ4n) is 4.87. The molecule has 1 saturated heterocycles. The summed E-state index contributed by atoms with van der Waals surface area (Å²) in [4.78, 5) is 26.0. The Morgan fingerprint density at radius 2 is 1.82 bits per heavy atom. The van der Waals surface area contributed by atoms with E-state index in [1.807, 2.05) is 30.9 Å². The number of H-pyrrole nitrogens is 1. The van der Waals surface area contributed by atoms with Gasteiger partial charge in [-0.05, 0) is 81.8 Å². The number of aryl methyl sites for hydroxylation is 2. The molecule has 2 aromatic heterocycles. The number of benzene rings is 2. The molecule has 0 bridgehead atoms. The number of nitrogens with zero attached hydrogens (tertiary/aromatic N) is 5. The Balaban J connectivity index is 1.61. The second kappa shape index (κ2) is 7.80. The molecule has 0 saturated carbocycles. The first-order valence-electron chi connectivity index (χ1n) is 11.2. The standard InChI is InChI=1S/C25H27BrN6O/c1-14-7-8-18(22(15(14)2)32-27-10-11-28-32)23(33)31-12-6-9-25(31,5)24-29-20-13-19(26)16(3)17(4)21(20)30-24/h7-8,10-11,13H,6,9,12H2,1-5H3,(H,29,30). The fraction of sp³-hybridized carbons (Fsp3) is 0.360. The summed E-state index contributed by atoms with van der Waals surface area (Å²) in [5, 5.41) is 8.64. The molecule has 1 fully saturated rings. The molecule has 1 aliphatic rings. The quantitative estimate of drug-likeness (QED) is 0.409. The van der Waals surface area contributed by atoms with Crippen molar-refractivity contribution >= 4 is 32.9 Å². The van der Waals surface area contributed by atoms with E-state index in [-0.39, 0.29) is 5.91 Å². The summed E-state index contributed by atoms with van der Waals surface area (Å²) in [5.41, 5.74) is 7.16. The summed E-state index contributed by atoms with van der Waals surface area (Å²) in [7, 11) is 0. The van der Waals surface area contributed by atoms with Gasteiger partial charge in [-0.25, -0.2) is 4.98 Å². The number of aromatic amines is 1. The van der Waals surface area contributed by atoms with Gasteiger partial charge in [0.15, 0.2) is 0 Å². The Hall–Kier alpha value is -3.00. The van der Waals surface area contributed by atoms with E-state index in [2.05, 4.69) is 57.9 Å². The minimum Gasteiger partial charge on any atom is -0.340 e. The summed E-state index contributed by atoms with van der Waals surface area (Å²) < 4.78 is 1.05. The second-order valence-electron chi connectivity index (χ2n) is 9.15. The van der Waals surface area contributed by atoms with E-state index in [1.165, 1.54) is 5.56 Å². The number of likely N-dealkylation sites (tertiary alicyclic amines) is 1. The van der Waals surface area contributed by atoms with Gasteiger partial charge in [-0.3, -0.25) is 4.79 Å². The molecule has 3 heterocycles.